The molecule has 1 aromatic rings. The van der Waals surface area contributed by atoms with Crippen LogP contribution >= 0.6 is 0 Å². The molecule has 1 saturated carbocycles. The summed E-state index contributed by atoms with van der Waals surface area (Å²) in [6.07, 6.45) is 5.92. The van der Waals surface area contributed by atoms with Crippen LogP contribution in [0.5, 0.6) is 0 Å². The molecular formula is C17H20N2O2. The van der Waals surface area contributed by atoms with Crippen molar-refractivity contribution in [3.8, 4) is 0 Å². The second-order valence-electron chi connectivity index (χ2n) is 5.95. The molecule has 0 unspecified atom stereocenters. The summed E-state index contributed by atoms with van der Waals surface area (Å²) in [5, 5.41) is 3.25. The smallest absolute Gasteiger partial charge is 0.231 e. The van der Waals surface area contributed by atoms with Gasteiger partial charge >= 0.3 is 0 Å². The van der Waals surface area contributed by atoms with Gasteiger partial charge in [-0.25, -0.2) is 0 Å². The van der Waals surface area contributed by atoms with Crippen molar-refractivity contribution in [3.63, 3.8) is 0 Å². The van der Waals surface area contributed by atoms with E-state index in [9.17, 15) is 9.59 Å². The molecule has 0 radical (unpaired) electrons. The molecule has 0 spiro atoms. The van der Waals surface area contributed by atoms with Crippen molar-refractivity contribution >= 4 is 23.5 Å². The molecule has 4 heteroatoms. The van der Waals surface area contributed by atoms with E-state index in [1.807, 2.05) is 30.3 Å². The maximum Gasteiger partial charge on any atom is 0.231 e. The van der Waals surface area contributed by atoms with E-state index in [2.05, 4.69) is 5.32 Å². The van der Waals surface area contributed by atoms with Crippen molar-refractivity contribution in [1.82, 2.24) is 0 Å². The van der Waals surface area contributed by atoms with Crippen molar-refractivity contribution in [2.24, 2.45) is 11.1 Å². The Morgan fingerprint density at radius 1 is 1.10 bits per heavy atom. The highest BCUT2D eigenvalue weighted by atomic mass is 16.2. The molecule has 0 saturated heterocycles. The molecule has 4 nitrogen and oxygen atoms in total. The summed E-state index contributed by atoms with van der Waals surface area (Å²) in [7, 11) is 0. The molecule has 1 heterocycles. The monoisotopic (exact) mass is 284 g/mol. The molecule has 0 atom stereocenters. The minimum atomic E-state index is -0.988. The van der Waals surface area contributed by atoms with Crippen LogP contribution in [0.2, 0.25) is 0 Å². The second-order valence-corrected chi connectivity index (χ2v) is 5.95. The fourth-order valence-corrected chi connectivity index (χ4v) is 3.41. The number of hydrogen-bond acceptors (Lipinski definition) is 3. The number of amides is 1. The lowest BCUT2D eigenvalue weighted by molar-refractivity contribution is -0.140. The molecule has 3 N–H and O–H groups in total. The highest BCUT2D eigenvalue weighted by molar-refractivity contribution is 6.16. The predicted octanol–water partition coefficient (Wildman–Crippen LogP) is 2.50. The summed E-state index contributed by atoms with van der Waals surface area (Å²) in [5.41, 5.74) is 7.28. The lowest BCUT2D eigenvalue weighted by Gasteiger charge is -2.34. The lowest BCUT2D eigenvalue weighted by Crippen LogP contribution is -2.46. The van der Waals surface area contributed by atoms with E-state index in [4.69, 9.17) is 5.73 Å². The minimum absolute atomic E-state index is 0.0864. The Balaban J connectivity index is 1.95. The van der Waals surface area contributed by atoms with Crippen LogP contribution < -0.4 is 11.1 Å². The third-order valence-electron chi connectivity index (χ3n) is 4.66. The minimum Gasteiger partial charge on any atom is -0.380 e. The third kappa shape index (κ3) is 2.35. The molecule has 21 heavy (non-hydrogen) atoms. The summed E-state index contributed by atoms with van der Waals surface area (Å²) < 4.78 is 0. The number of hydrogen-bond donors (Lipinski definition) is 2. The van der Waals surface area contributed by atoms with E-state index < -0.39 is 11.3 Å². The topological polar surface area (TPSA) is 72.2 Å². The number of nitrogens with two attached hydrogens (primary N) is 1. The fourth-order valence-electron chi connectivity index (χ4n) is 3.41. The summed E-state index contributed by atoms with van der Waals surface area (Å²) in [4.78, 5) is 24.9. The van der Waals surface area contributed by atoms with Crippen LogP contribution in [0.25, 0.3) is 6.08 Å². The van der Waals surface area contributed by atoms with Crippen LogP contribution in [-0.4, -0.2) is 18.2 Å². The Bertz CT molecular complexity index is 613. The van der Waals surface area contributed by atoms with Gasteiger partial charge in [0, 0.05) is 17.8 Å². The van der Waals surface area contributed by atoms with Gasteiger partial charge in [0.1, 0.15) is 5.41 Å². The predicted molar refractivity (Wildman–Crippen MR) is 82.6 cm³/mol. The summed E-state index contributed by atoms with van der Waals surface area (Å²) >= 11 is 0. The summed E-state index contributed by atoms with van der Waals surface area (Å²) in [5.74, 6) is -0.552. The van der Waals surface area contributed by atoms with Gasteiger partial charge in [0.25, 0.3) is 0 Å². The Labute approximate surface area is 124 Å². The van der Waals surface area contributed by atoms with Crippen LogP contribution in [0.15, 0.2) is 29.8 Å². The molecule has 2 aliphatic rings. The largest absolute Gasteiger partial charge is 0.380 e. The van der Waals surface area contributed by atoms with Gasteiger partial charge in [0.15, 0.2) is 5.78 Å². The number of carbonyl (C=O) groups is 2. The number of nitrogens with one attached hydrogen (secondary N) is 1. The Hall–Kier alpha value is -2.10. The average Bonchev–Trinajstić information content (AvgIpc) is 2.54. The van der Waals surface area contributed by atoms with Gasteiger partial charge in [-0.3, -0.25) is 9.59 Å². The van der Waals surface area contributed by atoms with Gasteiger partial charge in [-0.1, -0.05) is 37.5 Å². The number of Topliss-reactive ketones (excluding diaryl/α,β-unsaturated/α-hetero) is 1. The first kappa shape index (κ1) is 13.9. The number of carbonyl (C=O) groups excluding carboxylic acids is 2. The zero-order valence-electron chi connectivity index (χ0n) is 12.0. The molecule has 3 rings (SSSR count). The molecule has 1 amide bonds. The van der Waals surface area contributed by atoms with E-state index in [0.29, 0.717) is 25.0 Å². The Kier molecular flexibility index (Phi) is 3.53. The maximum atomic E-state index is 12.9. The normalized spacial score (nSPS) is 19.9. The van der Waals surface area contributed by atoms with Gasteiger partial charge in [-0.15, -0.1) is 0 Å². The molecule has 1 aliphatic heterocycles. The molecule has 0 aromatic heterocycles. The molecule has 1 fully saturated rings. The number of para-hydroxylation sites is 1. The standard InChI is InChI=1S/C17H20N2O2/c18-16(21)17(8-4-1-5-9-17)15(20)13-10-12-6-2-3-7-14(12)19-11-13/h2-3,6-7,10,19H,1,4-5,8-9,11H2,(H2,18,21). The first-order chi connectivity index (χ1) is 10.1. The number of fused-ring (bicyclic) bond motifs is 1. The average molecular weight is 284 g/mol. The zero-order valence-corrected chi connectivity index (χ0v) is 12.0. The van der Waals surface area contributed by atoms with Crippen molar-refractivity contribution in [3.05, 3.63) is 35.4 Å². The van der Waals surface area contributed by atoms with Gasteiger partial charge < -0.3 is 11.1 Å². The Morgan fingerprint density at radius 2 is 1.81 bits per heavy atom. The first-order valence-electron chi connectivity index (χ1n) is 7.52. The number of primary amides is 1. The third-order valence-corrected chi connectivity index (χ3v) is 4.66. The van der Waals surface area contributed by atoms with Crippen LogP contribution in [0.3, 0.4) is 0 Å². The maximum absolute atomic E-state index is 12.9. The van der Waals surface area contributed by atoms with Gasteiger partial charge in [-0.05, 0) is 30.5 Å². The van der Waals surface area contributed by atoms with E-state index in [-0.39, 0.29) is 5.78 Å². The molecule has 0 bridgehead atoms. The van der Waals surface area contributed by atoms with Crippen molar-refractivity contribution in [1.29, 1.82) is 0 Å². The first-order valence-corrected chi connectivity index (χ1v) is 7.52. The summed E-state index contributed by atoms with van der Waals surface area (Å²) in [6, 6.07) is 7.84. The van der Waals surface area contributed by atoms with Crippen molar-refractivity contribution in [2.75, 3.05) is 11.9 Å². The quantitative estimate of drug-likeness (QED) is 0.838. The second kappa shape index (κ2) is 5.35. The van der Waals surface area contributed by atoms with Crippen molar-refractivity contribution in [2.45, 2.75) is 32.1 Å². The lowest BCUT2D eigenvalue weighted by atomic mass is 9.68. The molecule has 110 valence electrons. The van der Waals surface area contributed by atoms with Crippen molar-refractivity contribution < 1.29 is 9.59 Å². The summed E-state index contributed by atoms with van der Waals surface area (Å²) in [6.45, 7) is 0.463. The number of benzene rings is 1. The van der Waals surface area contributed by atoms with E-state index in [0.717, 1.165) is 30.5 Å². The Morgan fingerprint density at radius 3 is 2.52 bits per heavy atom. The van der Waals surface area contributed by atoms with Crippen LogP contribution in [-0.2, 0) is 9.59 Å². The highest BCUT2D eigenvalue weighted by Gasteiger charge is 2.46. The van der Waals surface area contributed by atoms with Crippen LogP contribution in [0, 0.1) is 5.41 Å². The van der Waals surface area contributed by atoms with E-state index >= 15 is 0 Å². The van der Waals surface area contributed by atoms with Crippen LogP contribution in [0.1, 0.15) is 37.7 Å². The number of ketones is 1. The highest BCUT2D eigenvalue weighted by Crippen LogP contribution is 2.40. The molecule has 1 aromatic carbocycles. The van der Waals surface area contributed by atoms with Crippen LogP contribution in [0.4, 0.5) is 5.69 Å². The van der Waals surface area contributed by atoms with Gasteiger partial charge in [-0.2, -0.15) is 0 Å². The van der Waals surface area contributed by atoms with Gasteiger partial charge in [0.2, 0.25) is 5.91 Å². The molecule has 1 aliphatic carbocycles. The molecular weight excluding hydrogens is 264 g/mol. The fraction of sp³-hybridized carbons (Fsp3) is 0.412. The zero-order chi connectivity index (χ0) is 14.9. The van der Waals surface area contributed by atoms with E-state index in [1.54, 1.807) is 0 Å². The SMILES string of the molecule is NC(=O)C1(C(=O)C2=Cc3ccccc3NC2)CCCCC1. The van der Waals surface area contributed by atoms with E-state index in [1.165, 1.54) is 0 Å². The van der Waals surface area contributed by atoms with Gasteiger partial charge in [0.05, 0.1) is 0 Å². The number of rotatable bonds is 3. The number of anilines is 1.